The molecular weight excluding hydrogens is 362 g/mol. The van der Waals surface area contributed by atoms with Crippen LogP contribution in [0.25, 0.3) is 0 Å². The Kier molecular flexibility index (Phi) is 7.00. The minimum absolute atomic E-state index is 0.0327. The van der Waals surface area contributed by atoms with Gasteiger partial charge >= 0.3 is 23.8 Å². The number of alkyl halides is 2. The van der Waals surface area contributed by atoms with Crippen molar-refractivity contribution in [2.45, 2.75) is 60.3 Å². The molecule has 1 N–H and O–H groups in total. The van der Waals surface area contributed by atoms with Crippen LogP contribution in [0.1, 0.15) is 54.4 Å². The standard InChI is InChI=1S/C19H30F2O6/c1-11(2)17(5,6)15(24)26-9-12(3)18(7-8-18)16(25)27-10-13(4)19(20,21)14(22)23/h11-13H,7-10H2,1-6H3,(H,22,23). The number of carbonyl (C=O) groups excluding carboxylic acids is 2. The lowest BCUT2D eigenvalue weighted by molar-refractivity contribution is -0.179. The summed E-state index contributed by atoms with van der Waals surface area (Å²) in [5.41, 5.74) is -1.52. The lowest BCUT2D eigenvalue weighted by Gasteiger charge is -2.29. The molecule has 156 valence electrons. The molecule has 0 heterocycles. The molecule has 27 heavy (non-hydrogen) atoms. The van der Waals surface area contributed by atoms with Gasteiger partial charge in [0.15, 0.2) is 0 Å². The predicted molar refractivity (Wildman–Crippen MR) is 93.1 cm³/mol. The normalized spacial score (nSPS) is 18.6. The van der Waals surface area contributed by atoms with Crippen molar-refractivity contribution in [2.75, 3.05) is 13.2 Å². The van der Waals surface area contributed by atoms with Gasteiger partial charge in [-0.15, -0.1) is 0 Å². The first-order valence-corrected chi connectivity index (χ1v) is 9.15. The van der Waals surface area contributed by atoms with Gasteiger partial charge in [-0.1, -0.05) is 27.7 Å². The predicted octanol–water partition coefficient (Wildman–Crippen LogP) is 3.53. The van der Waals surface area contributed by atoms with Crippen LogP contribution in [-0.4, -0.2) is 42.2 Å². The Morgan fingerprint density at radius 1 is 1.04 bits per heavy atom. The van der Waals surface area contributed by atoms with Gasteiger partial charge in [0.2, 0.25) is 0 Å². The van der Waals surface area contributed by atoms with E-state index in [0.717, 1.165) is 6.92 Å². The topological polar surface area (TPSA) is 89.9 Å². The Balaban J connectivity index is 2.61. The highest BCUT2D eigenvalue weighted by atomic mass is 19.3. The van der Waals surface area contributed by atoms with E-state index in [4.69, 9.17) is 14.6 Å². The van der Waals surface area contributed by atoms with Gasteiger partial charge in [0.25, 0.3) is 0 Å². The van der Waals surface area contributed by atoms with E-state index in [1.54, 1.807) is 20.8 Å². The summed E-state index contributed by atoms with van der Waals surface area (Å²) in [6, 6.07) is 0. The third kappa shape index (κ3) is 4.96. The molecular formula is C19H30F2O6. The van der Waals surface area contributed by atoms with Crippen LogP contribution in [0.15, 0.2) is 0 Å². The van der Waals surface area contributed by atoms with Gasteiger partial charge in [-0.05, 0) is 32.6 Å². The highest BCUT2D eigenvalue weighted by molar-refractivity contribution is 5.81. The van der Waals surface area contributed by atoms with Gasteiger partial charge in [-0.25, -0.2) is 4.79 Å². The molecule has 0 spiro atoms. The van der Waals surface area contributed by atoms with E-state index in [0.29, 0.717) is 12.8 Å². The van der Waals surface area contributed by atoms with Crippen molar-refractivity contribution in [3.05, 3.63) is 0 Å². The molecule has 0 bridgehead atoms. The number of carboxylic acid groups (broad SMARTS) is 1. The lowest BCUT2D eigenvalue weighted by atomic mass is 9.81. The third-order valence-electron chi connectivity index (χ3n) is 5.94. The second-order valence-corrected chi connectivity index (χ2v) is 8.46. The number of halogens is 2. The molecule has 0 amide bonds. The van der Waals surface area contributed by atoms with Crippen LogP contribution in [0.3, 0.4) is 0 Å². The highest BCUT2D eigenvalue weighted by Crippen LogP contribution is 2.53. The molecule has 8 heteroatoms. The monoisotopic (exact) mass is 392 g/mol. The number of carbonyl (C=O) groups is 3. The summed E-state index contributed by atoms with van der Waals surface area (Å²) in [6.07, 6.45) is 1.03. The SMILES string of the molecule is CC(C)C(C)(C)C(=O)OCC(C)C1(C(=O)OCC(C)C(F)(F)C(=O)O)CC1. The van der Waals surface area contributed by atoms with Crippen LogP contribution in [0, 0.1) is 28.6 Å². The fourth-order valence-corrected chi connectivity index (χ4v) is 2.47. The van der Waals surface area contributed by atoms with Gasteiger partial charge < -0.3 is 14.6 Å². The third-order valence-corrected chi connectivity index (χ3v) is 5.94. The summed E-state index contributed by atoms with van der Waals surface area (Å²) in [4.78, 5) is 35.2. The van der Waals surface area contributed by atoms with Gasteiger partial charge in [-0.2, -0.15) is 8.78 Å². The summed E-state index contributed by atoms with van der Waals surface area (Å²) >= 11 is 0. The molecule has 0 aliphatic heterocycles. The highest BCUT2D eigenvalue weighted by Gasteiger charge is 2.56. The minimum Gasteiger partial charge on any atom is -0.477 e. The fourth-order valence-electron chi connectivity index (χ4n) is 2.47. The number of aliphatic carboxylic acids is 1. The second-order valence-electron chi connectivity index (χ2n) is 8.46. The van der Waals surface area contributed by atoms with Crippen molar-refractivity contribution >= 4 is 17.9 Å². The average molecular weight is 392 g/mol. The zero-order valence-electron chi connectivity index (χ0n) is 16.8. The van der Waals surface area contributed by atoms with E-state index >= 15 is 0 Å². The number of ether oxygens (including phenoxy) is 2. The van der Waals surface area contributed by atoms with Crippen molar-refractivity contribution in [3.8, 4) is 0 Å². The van der Waals surface area contributed by atoms with Gasteiger partial charge in [0.05, 0.1) is 23.4 Å². The fraction of sp³-hybridized carbons (Fsp3) is 0.842. The van der Waals surface area contributed by atoms with Crippen molar-refractivity contribution in [2.24, 2.45) is 28.6 Å². The Morgan fingerprint density at radius 2 is 1.56 bits per heavy atom. The molecule has 1 saturated carbocycles. The van der Waals surface area contributed by atoms with E-state index in [1.807, 2.05) is 13.8 Å². The molecule has 6 nitrogen and oxygen atoms in total. The summed E-state index contributed by atoms with van der Waals surface area (Å²) in [7, 11) is 0. The number of carboxylic acids is 1. The molecule has 1 fully saturated rings. The largest absolute Gasteiger partial charge is 0.477 e. The Labute approximate surface area is 158 Å². The zero-order valence-corrected chi connectivity index (χ0v) is 16.8. The second kappa shape index (κ2) is 8.10. The number of hydrogen-bond donors (Lipinski definition) is 1. The minimum atomic E-state index is -3.97. The van der Waals surface area contributed by atoms with E-state index in [9.17, 15) is 23.2 Å². The van der Waals surface area contributed by atoms with E-state index in [1.165, 1.54) is 0 Å². The van der Waals surface area contributed by atoms with E-state index < -0.39 is 41.2 Å². The molecule has 0 saturated heterocycles. The van der Waals surface area contributed by atoms with Crippen LogP contribution >= 0.6 is 0 Å². The first-order valence-electron chi connectivity index (χ1n) is 9.15. The molecule has 1 aliphatic rings. The number of rotatable bonds is 10. The van der Waals surface area contributed by atoms with Crippen LogP contribution in [-0.2, 0) is 23.9 Å². The maximum absolute atomic E-state index is 13.4. The van der Waals surface area contributed by atoms with Gasteiger partial charge in [-0.3, -0.25) is 9.59 Å². The van der Waals surface area contributed by atoms with Crippen molar-refractivity contribution in [1.29, 1.82) is 0 Å². The number of esters is 2. The maximum atomic E-state index is 13.4. The summed E-state index contributed by atoms with van der Waals surface area (Å²) < 4.78 is 37.2. The van der Waals surface area contributed by atoms with E-state index in [-0.39, 0.29) is 24.4 Å². The maximum Gasteiger partial charge on any atom is 0.374 e. The van der Waals surface area contributed by atoms with Crippen LogP contribution < -0.4 is 0 Å². The summed E-state index contributed by atoms with van der Waals surface area (Å²) in [5.74, 6) is -9.12. The Morgan fingerprint density at radius 3 is 1.96 bits per heavy atom. The van der Waals surface area contributed by atoms with Gasteiger partial charge in [0, 0.05) is 5.92 Å². The summed E-state index contributed by atoms with van der Waals surface area (Å²) in [5, 5.41) is 8.52. The quantitative estimate of drug-likeness (QED) is 0.572. The molecule has 1 rings (SSSR count). The Hall–Kier alpha value is -1.73. The van der Waals surface area contributed by atoms with Crippen molar-refractivity contribution in [1.82, 2.24) is 0 Å². The molecule has 0 aromatic heterocycles. The lowest BCUT2D eigenvalue weighted by Crippen LogP contribution is -2.39. The van der Waals surface area contributed by atoms with Gasteiger partial charge in [0.1, 0.15) is 6.61 Å². The molecule has 1 aliphatic carbocycles. The molecule has 2 atom stereocenters. The molecule has 0 aromatic rings. The molecule has 0 aromatic carbocycles. The molecule has 0 radical (unpaired) electrons. The summed E-state index contributed by atoms with van der Waals surface area (Å²) in [6.45, 7) is 9.51. The first kappa shape index (κ1) is 23.3. The average Bonchev–Trinajstić information content (AvgIpc) is 3.38. The number of hydrogen-bond acceptors (Lipinski definition) is 5. The van der Waals surface area contributed by atoms with E-state index in [2.05, 4.69) is 0 Å². The molecule has 2 unspecified atom stereocenters. The van der Waals surface area contributed by atoms with Crippen LogP contribution in [0.4, 0.5) is 8.78 Å². The van der Waals surface area contributed by atoms with Crippen LogP contribution in [0.5, 0.6) is 0 Å². The first-order chi connectivity index (χ1) is 12.2. The van der Waals surface area contributed by atoms with Crippen molar-refractivity contribution in [3.63, 3.8) is 0 Å². The zero-order chi connectivity index (χ0) is 21.2. The van der Waals surface area contributed by atoms with Crippen LogP contribution in [0.2, 0.25) is 0 Å². The van der Waals surface area contributed by atoms with Crippen molar-refractivity contribution < 1.29 is 37.7 Å². The smallest absolute Gasteiger partial charge is 0.374 e. The Bertz CT molecular complexity index is 581.